The standard InChI is InChI=1S/C14H18O/c1-2-3-5-11-8-9-13-12(10-11)6-4-7-14(13)15/h8-10H,2-7H2,1H3. The van der Waals surface area contributed by atoms with Gasteiger partial charge in [-0.05, 0) is 36.8 Å². The number of benzene rings is 1. The molecule has 0 aliphatic heterocycles. The van der Waals surface area contributed by atoms with E-state index in [1.165, 1.54) is 24.0 Å². The van der Waals surface area contributed by atoms with Crippen LogP contribution in [-0.2, 0) is 12.8 Å². The molecular weight excluding hydrogens is 184 g/mol. The fourth-order valence-electron chi connectivity index (χ4n) is 2.24. The zero-order chi connectivity index (χ0) is 10.7. The Hall–Kier alpha value is -1.11. The number of carbonyl (C=O) groups excluding carboxylic acids is 1. The lowest BCUT2D eigenvalue weighted by atomic mass is 9.89. The van der Waals surface area contributed by atoms with Crippen molar-refractivity contribution in [3.8, 4) is 0 Å². The Bertz CT molecular complexity index is 366. The Kier molecular flexibility index (Phi) is 3.20. The zero-order valence-electron chi connectivity index (χ0n) is 9.38. The van der Waals surface area contributed by atoms with Gasteiger partial charge in [0.15, 0.2) is 5.78 Å². The Labute approximate surface area is 91.5 Å². The van der Waals surface area contributed by atoms with E-state index in [-0.39, 0.29) is 0 Å². The number of Topliss-reactive ketones (excluding diaryl/α,β-unsaturated/α-hetero) is 1. The number of aryl methyl sites for hydroxylation is 2. The summed E-state index contributed by atoms with van der Waals surface area (Å²) < 4.78 is 0. The summed E-state index contributed by atoms with van der Waals surface area (Å²) in [4.78, 5) is 11.6. The van der Waals surface area contributed by atoms with Crippen LogP contribution < -0.4 is 0 Å². The van der Waals surface area contributed by atoms with Crippen molar-refractivity contribution in [3.05, 3.63) is 34.9 Å². The second kappa shape index (κ2) is 4.61. The third-order valence-electron chi connectivity index (χ3n) is 3.14. The summed E-state index contributed by atoms with van der Waals surface area (Å²) >= 11 is 0. The van der Waals surface area contributed by atoms with E-state index < -0.39 is 0 Å². The Morgan fingerprint density at radius 1 is 1.27 bits per heavy atom. The molecule has 2 rings (SSSR count). The highest BCUT2D eigenvalue weighted by Gasteiger charge is 2.16. The molecule has 1 heteroatoms. The molecule has 15 heavy (non-hydrogen) atoms. The van der Waals surface area contributed by atoms with Crippen LogP contribution in [0, 0.1) is 0 Å². The maximum Gasteiger partial charge on any atom is 0.163 e. The van der Waals surface area contributed by atoms with Crippen LogP contribution in [0.25, 0.3) is 0 Å². The average Bonchev–Trinajstić information content (AvgIpc) is 2.26. The van der Waals surface area contributed by atoms with Crippen LogP contribution in [0.5, 0.6) is 0 Å². The van der Waals surface area contributed by atoms with Gasteiger partial charge >= 0.3 is 0 Å². The summed E-state index contributed by atoms with van der Waals surface area (Å²) in [5, 5.41) is 0. The molecule has 0 amide bonds. The monoisotopic (exact) mass is 202 g/mol. The molecule has 1 nitrogen and oxygen atoms in total. The Morgan fingerprint density at radius 3 is 2.93 bits per heavy atom. The smallest absolute Gasteiger partial charge is 0.163 e. The number of fused-ring (bicyclic) bond motifs is 1. The fraction of sp³-hybridized carbons (Fsp3) is 0.500. The van der Waals surface area contributed by atoms with Crippen molar-refractivity contribution in [2.75, 3.05) is 0 Å². The first-order valence-electron chi connectivity index (χ1n) is 5.96. The minimum atomic E-state index is 0.332. The number of carbonyl (C=O) groups is 1. The number of hydrogen-bond acceptors (Lipinski definition) is 1. The number of rotatable bonds is 3. The molecule has 0 bridgehead atoms. The van der Waals surface area contributed by atoms with E-state index in [9.17, 15) is 4.79 Å². The largest absolute Gasteiger partial charge is 0.294 e. The molecule has 1 aliphatic carbocycles. The first-order valence-corrected chi connectivity index (χ1v) is 5.96. The van der Waals surface area contributed by atoms with E-state index in [0.29, 0.717) is 5.78 Å². The van der Waals surface area contributed by atoms with Gasteiger partial charge in [-0.3, -0.25) is 4.79 Å². The minimum absolute atomic E-state index is 0.332. The highest BCUT2D eigenvalue weighted by atomic mass is 16.1. The quantitative estimate of drug-likeness (QED) is 0.732. The second-order valence-corrected chi connectivity index (χ2v) is 4.37. The predicted octanol–water partition coefficient (Wildman–Crippen LogP) is 3.55. The summed E-state index contributed by atoms with van der Waals surface area (Å²) in [5.41, 5.74) is 3.65. The van der Waals surface area contributed by atoms with E-state index in [1.54, 1.807) is 0 Å². The number of unbranched alkanes of at least 4 members (excludes halogenated alkanes) is 1. The molecule has 0 fully saturated rings. The van der Waals surface area contributed by atoms with Gasteiger partial charge in [-0.15, -0.1) is 0 Å². The number of ketones is 1. The van der Waals surface area contributed by atoms with Crippen LogP contribution in [0.4, 0.5) is 0 Å². The van der Waals surface area contributed by atoms with E-state index in [1.807, 2.05) is 6.07 Å². The van der Waals surface area contributed by atoms with E-state index >= 15 is 0 Å². The van der Waals surface area contributed by atoms with Crippen LogP contribution in [0.1, 0.15) is 54.1 Å². The molecule has 0 saturated heterocycles. The summed E-state index contributed by atoms with van der Waals surface area (Å²) in [6, 6.07) is 6.39. The average molecular weight is 202 g/mol. The van der Waals surface area contributed by atoms with Gasteiger partial charge in [-0.2, -0.15) is 0 Å². The van der Waals surface area contributed by atoms with Crippen molar-refractivity contribution >= 4 is 5.78 Å². The van der Waals surface area contributed by atoms with Gasteiger partial charge in [0.05, 0.1) is 0 Å². The molecule has 80 valence electrons. The van der Waals surface area contributed by atoms with Gasteiger partial charge in [0.1, 0.15) is 0 Å². The maximum atomic E-state index is 11.6. The molecule has 0 radical (unpaired) electrons. The normalized spacial score (nSPS) is 15.1. The molecule has 0 spiro atoms. The molecule has 1 aliphatic rings. The number of hydrogen-bond donors (Lipinski definition) is 0. The third kappa shape index (κ3) is 2.28. The molecule has 1 aromatic rings. The molecular formula is C14H18O. The summed E-state index contributed by atoms with van der Waals surface area (Å²) in [5.74, 6) is 0.332. The van der Waals surface area contributed by atoms with Gasteiger partial charge in [-0.25, -0.2) is 0 Å². The van der Waals surface area contributed by atoms with Crippen molar-refractivity contribution in [1.82, 2.24) is 0 Å². The summed E-state index contributed by atoms with van der Waals surface area (Å²) in [6.45, 7) is 2.21. The maximum absolute atomic E-state index is 11.6. The van der Waals surface area contributed by atoms with E-state index in [0.717, 1.165) is 31.2 Å². The molecule has 0 heterocycles. The highest BCUT2D eigenvalue weighted by Crippen LogP contribution is 2.22. The lowest BCUT2D eigenvalue weighted by molar-refractivity contribution is 0.0972. The van der Waals surface area contributed by atoms with Gasteiger partial charge in [-0.1, -0.05) is 31.5 Å². The van der Waals surface area contributed by atoms with Crippen molar-refractivity contribution in [1.29, 1.82) is 0 Å². The second-order valence-electron chi connectivity index (χ2n) is 4.37. The highest BCUT2D eigenvalue weighted by molar-refractivity contribution is 5.98. The fourth-order valence-corrected chi connectivity index (χ4v) is 2.24. The van der Waals surface area contributed by atoms with Crippen LogP contribution in [0.2, 0.25) is 0 Å². The van der Waals surface area contributed by atoms with Crippen LogP contribution in [0.15, 0.2) is 18.2 Å². The lowest BCUT2D eigenvalue weighted by Crippen LogP contribution is -2.10. The molecule has 1 aromatic carbocycles. The summed E-state index contributed by atoms with van der Waals surface area (Å²) in [6.07, 6.45) is 6.48. The van der Waals surface area contributed by atoms with Crippen molar-refractivity contribution < 1.29 is 4.79 Å². The zero-order valence-corrected chi connectivity index (χ0v) is 9.38. The third-order valence-corrected chi connectivity index (χ3v) is 3.14. The Morgan fingerprint density at radius 2 is 2.13 bits per heavy atom. The summed E-state index contributed by atoms with van der Waals surface area (Å²) in [7, 11) is 0. The molecule has 0 aromatic heterocycles. The van der Waals surface area contributed by atoms with Crippen LogP contribution >= 0.6 is 0 Å². The first-order chi connectivity index (χ1) is 7.31. The van der Waals surface area contributed by atoms with Crippen molar-refractivity contribution in [2.24, 2.45) is 0 Å². The Balaban J connectivity index is 2.21. The van der Waals surface area contributed by atoms with Crippen molar-refractivity contribution in [2.45, 2.75) is 45.4 Å². The van der Waals surface area contributed by atoms with Gasteiger partial charge in [0.2, 0.25) is 0 Å². The molecule has 0 N–H and O–H groups in total. The predicted molar refractivity (Wildman–Crippen MR) is 62.3 cm³/mol. The van der Waals surface area contributed by atoms with Crippen LogP contribution in [-0.4, -0.2) is 5.78 Å². The lowest BCUT2D eigenvalue weighted by Gasteiger charge is -2.15. The SMILES string of the molecule is CCCCc1ccc2c(c1)CCCC2=O. The van der Waals surface area contributed by atoms with E-state index in [2.05, 4.69) is 19.1 Å². The van der Waals surface area contributed by atoms with Gasteiger partial charge in [0, 0.05) is 12.0 Å². The minimum Gasteiger partial charge on any atom is -0.294 e. The van der Waals surface area contributed by atoms with Crippen molar-refractivity contribution in [3.63, 3.8) is 0 Å². The van der Waals surface area contributed by atoms with Gasteiger partial charge < -0.3 is 0 Å². The van der Waals surface area contributed by atoms with E-state index in [4.69, 9.17) is 0 Å². The topological polar surface area (TPSA) is 17.1 Å². The first kappa shape index (κ1) is 10.4. The molecule has 0 saturated carbocycles. The molecule has 0 atom stereocenters. The molecule has 0 unspecified atom stereocenters. The van der Waals surface area contributed by atoms with Gasteiger partial charge in [0.25, 0.3) is 0 Å². The van der Waals surface area contributed by atoms with Crippen LogP contribution in [0.3, 0.4) is 0 Å².